The average Bonchev–Trinajstić information content (AvgIpc) is 2.47. The molecule has 1 heterocycles. The highest BCUT2D eigenvalue weighted by Crippen LogP contribution is 2.25. The molecule has 1 aliphatic heterocycles. The molecule has 0 aromatic heterocycles. The summed E-state index contributed by atoms with van der Waals surface area (Å²) in [6.07, 6.45) is 4.35. The Balaban J connectivity index is 1.80. The van der Waals surface area contributed by atoms with Crippen LogP contribution in [0.25, 0.3) is 0 Å². The topological polar surface area (TPSA) is 41.1 Å². The second-order valence-electron chi connectivity index (χ2n) is 4.51. The van der Waals surface area contributed by atoms with Crippen LogP contribution in [0.2, 0.25) is 0 Å². The summed E-state index contributed by atoms with van der Waals surface area (Å²) < 4.78 is 0. The molecular formula is C14H20N2OS2. The summed E-state index contributed by atoms with van der Waals surface area (Å²) >= 11 is 3.43. The monoisotopic (exact) mass is 296 g/mol. The van der Waals surface area contributed by atoms with Gasteiger partial charge in [-0.1, -0.05) is 12.1 Å². The lowest BCUT2D eigenvalue weighted by Gasteiger charge is -2.21. The number of thioether (sulfide) groups is 2. The first kappa shape index (κ1) is 14.8. The van der Waals surface area contributed by atoms with Crippen LogP contribution in [0, 0.1) is 0 Å². The van der Waals surface area contributed by atoms with Crippen molar-refractivity contribution in [1.82, 2.24) is 5.32 Å². The summed E-state index contributed by atoms with van der Waals surface area (Å²) in [4.78, 5) is 13.1. The predicted octanol–water partition coefficient (Wildman–Crippen LogP) is 2.83. The number of hydrogen-bond donors (Lipinski definition) is 2. The van der Waals surface area contributed by atoms with Crippen molar-refractivity contribution in [3.63, 3.8) is 0 Å². The van der Waals surface area contributed by atoms with E-state index in [2.05, 4.69) is 10.6 Å². The average molecular weight is 296 g/mol. The zero-order chi connectivity index (χ0) is 13.5. The van der Waals surface area contributed by atoms with E-state index in [1.807, 2.05) is 30.5 Å². The van der Waals surface area contributed by atoms with E-state index in [1.165, 1.54) is 12.8 Å². The first-order chi connectivity index (χ1) is 9.29. The molecule has 2 rings (SSSR count). The summed E-state index contributed by atoms with van der Waals surface area (Å²) in [5, 5.41) is 6.97. The third kappa shape index (κ3) is 4.75. The molecule has 0 saturated carbocycles. The second kappa shape index (κ2) is 7.82. The van der Waals surface area contributed by atoms with Crippen LogP contribution in [0.1, 0.15) is 12.8 Å². The molecule has 0 unspecified atom stereocenters. The summed E-state index contributed by atoms with van der Waals surface area (Å²) in [6, 6.07) is 7.93. The standard InChI is InChI=1S/C14H20N2OS2/c1-18-13-5-3-2-4-12(13)16-14(17)10-19-11-6-8-15-9-7-11/h2-5,11,15H,6-10H2,1H3,(H,16,17). The molecule has 0 spiro atoms. The highest BCUT2D eigenvalue weighted by molar-refractivity contribution is 8.00. The maximum Gasteiger partial charge on any atom is 0.234 e. The van der Waals surface area contributed by atoms with Crippen LogP contribution in [0.4, 0.5) is 5.69 Å². The van der Waals surface area contributed by atoms with E-state index in [-0.39, 0.29) is 5.91 Å². The van der Waals surface area contributed by atoms with Crippen molar-refractivity contribution in [2.75, 3.05) is 30.4 Å². The number of benzene rings is 1. The first-order valence-electron chi connectivity index (χ1n) is 6.55. The summed E-state index contributed by atoms with van der Waals surface area (Å²) in [6.45, 7) is 2.16. The van der Waals surface area contributed by atoms with Gasteiger partial charge in [0.1, 0.15) is 0 Å². The molecule has 2 N–H and O–H groups in total. The molecule has 1 saturated heterocycles. The summed E-state index contributed by atoms with van der Waals surface area (Å²) in [5.74, 6) is 0.651. The third-order valence-electron chi connectivity index (χ3n) is 3.12. The predicted molar refractivity (Wildman–Crippen MR) is 85.2 cm³/mol. The third-order valence-corrected chi connectivity index (χ3v) is 5.28. The molecule has 1 aromatic rings. The summed E-state index contributed by atoms with van der Waals surface area (Å²) in [7, 11) is 0. The number of amides is 1. The molecule has 1 aliphatic rings. The van der Waals surface area contributed by atoms with E-state index in [1.54, 1.807) is 23.5 Å². The number of nitrogens with one attached hydrogen (secondary N) is 2. The van der Waals surface area contributed by atoms with Crippen LogP contribution in [0.3, 0.4) is 0 Å². The largest absolute Gasteiger partial charge is 0.324 e. The smallest absolute Gasteiger partial charge is 0.234 e. The summed E-state index contributed by atoms with van der Waals surface area (Å²) in [5.41, 5.74) is 0.922. The maximum atomic E-state index is 12.0. The first-order valence-corrected chi connectivity index (χ1v) is 8.82. The molecule has 0 aliphatic carbocycles. The van der Waals surface area contributed by atoms with E-state index in [0.29, 0.717) is 11.0 Å². The van der Waals surface area contributed by atoms with E-state index >= 15 is 0 Å². The SMILES string of the molecule is CSc1ccccc1NC(=O)CSC1CCNCC1. The van der Waals surface area contributed by atoms with Gasteiger partial charge in [-0.2, -0.15) is 0 Å². The minimum Gasteiger partial charge on any atom is -0.324 e. The normalized spacial score (nSPS) is 16.3. The van der Waals surface area contributed by atoms with Gasteiger partial charge in [0.25, 0.3) is 0 Å². The number of carbonyl (C=O) groups is 1. The molecule has 19 heavy (non-hydrogen) atoms. The van der Waals surface area contributed by atoms with Crippen molar-refractivity contribution in [3.8, 4) is 0 Å². The van der Waals surface area contributed by atoms with Gasteiger partial charge in [0.2, 0.25) is 5.91 Å². The minimum atomic E-state index is 0.102. The number of rotatable bonds is 5. The lowest BCUT2D eigenvalue weighted by molar-refractivity contribution is -0.113. The van der Waals surface area contributed by atoms with Gasteiger partial charge in [0.05, 0.1) is 11.4 Å². The van der Waals surface area contributed by atoms with Crippen LogP contribution < -0.4 is 10.6 Å². The number of carbonyl (C=O) groups excluding carboxylic acids is 1. The molecule has 1 amide bonds. The van der Waals surface area contributed by atoms with Crippen LogP contribution in [-0.2, 0) is 4.79 Å². The molecular weight excluding hydrogens is 276 g/mol. The Morgan fingerprint density at radius 2 is 2.11 bits per heavy atom. The van der Waals surface area contributed by atoms with Crippen LogP contribution >= 0.6 is 23.5 Å². The molecule has 104 valence electrons. The van der Waals surface area contributed by atoms with E-state index in [0.717, 1.165) is 23.7 Å². The lowest BCUT2D eigenvalue weighted by Crippen LogP contribution is -2.30. The molecule has 1 aromatic carbocycles. The number of piperidine rings is 1. The maximum absolute atomic E-state index is 12.0. The van der Waals surface area contributed by atoms with Crippen LogP contribution in [0.5, 0.6) is 0 Å². The molecule has 0 bridgehead atoms. The van der Waals surface area contributed by atoms with Crippen molar-refractivity contribution < 1.29 is 4.79 Å². The van der Waals surface area contributed by atoms with Crippen molar-refractivity contribution >= 4 is 35.1 Å². The molecule has 1 fully saturated rings. The van der Waals surface area contributed by atoms with E-state index < -0.39 is 0 Å². The van der Waals surface area contributed by atoms with Crippen LogP contribution in [-0.4, -0.2) is 36.3 Å². The Morgan fingerprint density at radius 1 is 1.37 bits per heavy atom. The van der Waals surface area contributed by atoms with Crippen LogP contribution in [0.15, 0.2) is 29.2 Å². The number of para-hydroxylation sites is 1. The Bertz CT molecular complexity index is 420. The molecule has 0 atom stereocenters. The molecule has 0 radical (unpaired) electrons. The molecule has 3 nitrogen and oxygen atoms in total. The highest BCUT2D eigenvalue weighted by atomic mass is 32.2. The zero-order valence-electron chi connectivity index (χ0n) is 11.1. The van der Waals surface area contributed by atoms with Gasteiger partial charge in [0, 0.05) is 10.1 Å². The van der Waals surface area contributed by atoms with Gasteiger partial charge < -0.3 is 10.6 Å². The van der Waals surface area contributed by atoms with Gasteiger partial charge in [0.15, 0.2) is 0 Å². The Labute approximate surface area is 123 Å². The number of anilines is 1. The lowest BCUT2D eigenvalue weighted by atomic mass is 10.2. The van der Waals surface area contributed by atoms with Crippen molar-refractivity contribution in [1.29, 1.82) is 0 Å². The minimum absolute atomic E-state index is 0.102. The fourth-order valence-electron chi connectivity index (χ4n) is 2.09. The Hall–Kier alpha value is -0.650. The van der Waals surface area contributed by atoms with Crippen molar-refractivity contribution in [2.24, 2.45) is 0 Å². The number of hydrogen-bond acceptors (Lipinski definition) is 4. The van der Waals surface area contributed by atoms with Crippen molar-refractivity contribution in [3.05, 3.63) is 24.3 Å². The Morgan fingerprint density at radius 3 is 2.84 bits per heavy atom. The van der Waals surface area contributed by atoms with Gasteiger partial charge in [-0.05, 0) is 44.3 Å². The van der Waals surface area contributed by atoms with Gasteiger partial charge >= 0.3 is 0 Å². The van der Waals surface area contributed by atoms with E-state index in [4.69, 9.17) is 0 Å². The fourth-order valence-corrected chi connectivity index (χ4v) is 3.67. The second-order valence-corrected chi connectivity index (χ2v) is 6.65. The van der Waals surface area contributed by atoms with E-state index in [9.17, 15) is 4.79 Å². The zero-order valence-corrected chi connectivity index (χ0v) is 12.8. The highest BCUT2D eigenvalue weighted by Gasteiger charge is 2.15. The Kier molecular flexibility index (Phi) is 6.07. The van der Waals surface area contributed by atoms with Crippen molar-refractivity contribution in [2.45, 2.75) is 23.0 Å². The van der Waals surface area contributed by atoms with Gasteiger partial charge in [-0.25, -0.2) is 0 Å². The fraction of sp³-hybridized carbons (Fsp3) is 0.500. The van der Waals surface area contributed by atoms with Gasteiger partial charge in [-0.15, -0.1) is 23.5 Å². The quantitative estimate of drug-likeness (QED) is 0.820. The van der Waals surface area contributed by atoms with Gasteiger partial charge in [-0.3, -0.25) is 4.79 Å². The molecule has 5 heteroatoms.